The standard InChI is InChI=1S/C21H21ClN4O4S/c1-3-26-19(11-28-16-7-4-14(22)5-8-16)24-25-21(26)31-13(2)20(27)23-15-6-9-17-18(10-15)30-12-29-17/h4-10,13H,3,11-12H2,1-2H3,(H,23,27)/t13-/m1/s1. The number of anilines is 1. The predicted molar refractivity (Wildman–Crippen MR) is 118 cm³/mol. The van der Waals surface area contributed by atoms with Crippen LogP contribution in [-0.4, -0.2) is 32.7 Å². The number of fused-ring (bicyclic) bond motifs is 1. The molecule has 0 spiro atoms. The Kier molecular flexibility index (Phi) is 6.53. The van der Waals surface area contributed by atoms with Crippen LogP contribution < -0.4 is 19.5 Å². The van der Waals surface area contributed by atoms with E-state index in [2.05, 4.69) is 15.5 Å². The maximum absolute atomic E-state index is 12.7. The van der Waals surface area contributed by atoms with E-state index in [4.69, 9.17) is 25.8 Å². The molecule has 1 amide bonds. The Labute approximate surface area is 188 Å². The number of aromatic nitrogens is 3. The van der Waals surface area contributed by atoms with Crippen LogP contribution in [0.2, 0.25) is 5.02 Å². The van der Waals surface area contributed by atoms with Crippen LogP contribution in [-0.2, 0) is 17.9 Å². The van der Waals surface area contributed by atoms with E-state index in [0.29, 0.717) is 45.5 Å². The van der Waals surface area contributed by atoms with Crippen LogP contribution in [0, 0.1) is 0 Å². The average molecular weight is 461 g/mol. The normalized spacial score (nSPS) is 13.1. The van der Waals surface area contributed by atoms with Gasteiger partial charge in [-0.05, 0) is 50.2 Å². The van der Waals surface area contributed by atoms with Gasteiger partial charge in [0.1, 0.15) is 12.4 Å². The third kappa shape index (κ3) is 5.05. The number of nitrogens with zero attached hydrogens (tertiary/aromatic N) is 3. The lowest BCUT2D eigenvalue weighted by Gasteiger charge is -2.13. The molecule has 2 heterocycles. The first kappa shape index (κ1) is 21.3. The predicted octanol–water partition coefficient (Wildman–Crippen LogP) is 4.38. The second-order valence-corrected chi connectivity index (χ2v) is 8.45. The van der Waals surface area contributed by atoms with Crippen LogP contribution >= 0.6 is 23.4 Å². The minimum atomic E-state index is -0.384. The second-order valence-electron chi connectivity index (χ2n) is 6.70. The summed E-state index contributed by atoms with van der Waals surface area (Å²) in [4.78, 5) is 12.7. The molecule has 0 bridgehead atoms. The van der Waals surface area contributed by atoms with E-state index >= 15 is 0 Å². The van der Waals surface area contributed by atoms with Crippen molar-refractivity contribution in [2.24, 2.45) is 0 Å². The molecule has 2 aromatic carbocycles. The lowest BCUT2D eigenvalue weighted by Crippen LogP contribution is -2.23. The first-order chi connectivity index (χ1) is 15.0. The van der Waals surface area contributed by atoms with Gasteiger partial charge in [0.2, 0.25) is 12.7 Å². The molecule has 162 valence electrons. The molecule has 0 saturated carbocycles. The van der Waals surface area contributed by atoms with Crippen LogP contribution in [0.1, 0.15) is 19.7 Å². The fourth-order valence-electron chi connectivity index (χ4n) is 2.94. The van der Waals surface area contributed by atoms with Crippen LogP contribution in [0.5, 0.6) is 17.2 Å². The number of hydrogen-bond acceptors (Lipinski definition) is 7. The smallest absolute Gasteiger partial charge is 0.237 e. The Balaban J connectivity index is 1.37. The third-order valence-electron chi connectivity index (χ3n) is 4.58. The first-order valence-corrected chi connectivity index (χ1v) is 11.0. The van der Waals surface area contributed by atoms with Crippen molar-refractivity contribution in [1.29, 1.82) is 0 Å². The van der Waals surface area contributed by atoms with E-state index in [-0.39, 0.29) is 24.6 Å². The topological polar surface area (TPSA) is 87.5 Å². The quantitative estimate of drug-likeness (QED) is 0.499. The van der Waals surface area contributed by atoms with Crippen molar-refractivity contribution < 1.29 is 19.0 Å². The number of halogens is 1. The molecule has 0 fully saturated rings. The van der Waals surface area contributed by atoms with E-state index in [0.717, 1.165) is 0 Å². The van der Waals surface area contributed by atoms with Gasteiger partial charge >= 0.3 is 0 Å². The highest BCUT2D eigenvalue weighted by Gasteiger charge is 2.21. The number of amides is 1. The fraction of sp³-hybridized carbons (Fsp3) is 0.286. The van der Waals surface area contributed by atoms with E-state index in [1.165, 1.54) is 11.8 Å². The first-order valence-electron chi connectivity index (χ1n) is 9.71. The molecule has 8 nitrogen and oxygen atoms in total. The lowest BCUT2D eigenvalue weighted by molar-refractivity contribution is -0.115. The van der Waals surface area contributed by atoms with Gasteiger partial charge in [-0.25, -0.2) is 0 Å². The molecule has 0 saturated heterocycles. The van der Waals surface area contributed by atoms with Gasteiger partial charge in [0.25, 0.3) is 0 Å². The van der Waals surface area contributed by atoms with Crippen molar-refractivity contribution >= 4 is 35.0 Å². The average Bonchev–Trinajstić information content (AvgIpc) is 3.39. The number of carbonyl (C=O) groups excluding carboxylic acids is 1. The Hall–Kier alpha value is -2.91. The number of nitrogens with one attached hydrogen (secondary N) is 1. The summed E-state index contributed by atoms with van der Waals surface area (Å²) < 4.78 is 18.4. The number of rotatable bonds is 8. The maximum Gasteiger partial charge on any atom is 0.237 e. The van der Waals surface area contributed by atoms with E-state index in [1.807, 2.05) is 18.4 Å². The fourth-order valence-corrected chi connectivity index (χ4v) is 4.00. The van der Waals surface area contributed by atoms with Crippen molar-refractivity contribution in [1.82, 2.24) is 14.8 Å². The maximum atomic E-state index is 12.7. The van der Waals surface area contributed by atoms with Crippen molar-refractivity contribution in [3.63, 3.8) is 0 Å². The van der Waals surface area contributed by atoms with Crippen LogP contribution in [0.15, 0.2) is 47.6 Å². The molecule has 1 N–H and O–H groups in total. The number of thioether (sulfide) groups is 1. The van der Waals surface area contributed by atoms with Crippen LogP contribution in [0.25, 0.3) is 0 Å². The number of carbonyl (C=O) groups is 1. The van der Waals surface area contributed by atoms with Gasteiger partial charge < -0.3 is 24.1 Å². The molecular weight excluding hydrogens is 440 g/mol. The summed E-state index contributed by atoms with van der Waals surface area (Å²) in [5.74, 6) is 2.52. The third-order valence-corrected chi connectivity index (χ3v) is 5.92. The lowest BCUT2D eigenvalue weighted by atomic mass is 10.2. The molecular formula is C21H21ClN4O4S. The van der Waals surface area contributed by atoms with Crippen molar-refractivity contribution in [2.75, 3.05) is 12.1 Å². The van der Waals surface area contributed by atoms with E-state index in [1.54, 1.807) is 42.5 Å². The highest BCUT2D eigenvalue weighted by molar-refractivity contribution is 8.00. The number of hydrogen-bond donors (Lipinski definition) is 1. The second kappa shape index (κ2) is 9.49. The molecule has 1 atom stereocenters. The highest BCUT2D eigenvalue weighted by Crippen LogP contribution is 2.34. The van der Waals surface area contributed by atoms with Gasteiger partial charge in [-0.15, -0.1) is 10.2 Å². The Morgan fingerprint density at radius 1 is 1.23 bits per heavy atom. The molecule has 0 aliphatic carbocycles. The summed E-state index contributed by atoms with van der Waals surface area (Å²) in [7, 11) is 0. The zero-order valence-electron chi connectivity index (χ0n) is 17.0. The van der Waals surface area contributed by atoms with Crippen molar-refractivity contribution in [2.45, 2.75) is 37.4 Å². The van der Waals surface area contributed by atoms with Gasteiger partial charge in [-0.2, -0.15) is 0 Å². The summed E-state index contributed by atoms with van der Waals surface area (Å²) in [5.41, 5.74) is 0.649. The Bertz CT molecular complexity index is 1070. The molecule has 1 aromatic heterocycles. The summed E-state index contributed by atoms with van der Waals surface area (Å²) >= 11 is 7.24. The molecule has 1 aliphatic rings. The molecule has 31 heavy (non-hydrogen) atoms. The molecule has 4 rings (SSSR count). The summed E-state index contributed by atoms with van der Waals surface area (Å²) in [6.45, 7) is 4.93. The molecule has 0 unspecified atom stereocenters. The Morgan fingerprint density at radius 3 is 2.77 bits per heavy atom. The Morgan fingerprint density at radius 2 is 2.00 bits per heavy atom. The minimum absolute atomic E-state index is 0.145. The SMILES string of the molecule is CCn1c(COc2ccc(Cl)cc2)nnc1S[C@H](C)C(=O)Nc1ccc2c(c1)OCO2. The summed E-state index contributed by atoms with van der Waals surface area (Å²) in [5, 5.41) is 12.3. The molecule has 10 heteroatoms. The highest BCUT2D eigenvalue weighted by atomic mass is 35.5. The summed E-state index contributed by atoms with van der Waals surface area (Å²) in [6.07, 6.45) is 0. The van der Waals surface area contributed by atoms with Crippen LogP contribution in [0.4, 0.5) is 5.69 Å². The van der Waals surface area contributed by atoms with Crippen molar-refractivity contribution in [3.8, 4) is 17.2 Å². The zero-order valence-corrected chi connectivity index (χ0v) is 18.6. The molecule has 1 aliphatic heterocycles. The van der Waals surface area contributed by atoms with Crippen LogP contribution in [0.3, 0.4) is 0 Å². The number of ether oxygens (including phenoxy) is 3. The molecule has 3 aromatic rings. The summed E-state index contributed by atoms with van der Waals surface area (Å²) in [6, 6.07) is 12.4. The number of benzene rings is 2. The van der Waals surface area contributed by atoms with Crippen molar-refractivity contribution in [3.05, 3.63) is 53.3 Å². The minimum Gasteiger partial charge on any atom is -0.486 e. The molecule has 0 radical (unpaired) electrons. The van der Waals surface area contributed by atoms with Gasteiger partial charge in [0.15, 0.2) is 22.5 Å². The van der Waals surface area contributed by atoms with Gasteiger partial charge in [0, 0.05) is 23.3 Å². The monoisotopic (exact) mass is 460 g/mol. The largest absolute Gasteiger partial charge is 0.486 e. The van der Waals surface area contributed by atoms with Gasteiger partial charge in [-0.1, -0.05) is 23.4 Å². The van der Waals surface area contributed by atoms with E-state index in [9.17, 15) is 4.79 Å². The van der Waals surface area contributed by atoms with E-state index < -0.39 is 0 Å². The zero-order chi connectivity index (χ0) is 21.8. The van der Waals surface area contributed by atoms with Gasteiger partial charge in [0.05, 0.1) is 5.25 Å². The van der Waals surface area contributed by atoms with Gasteiger partial charge in [-0.3, -0.25) is 4.79 Å².